The van der Waals surface area contributed by atoms with Gasteiger partial charge in [0.15, 0.2) is 0 Å². The van der Waals surface area contributed by atoms with Gasteiger partial charge in [-0.05, 0) is 26.7 Å². The van der Waals surface area contributed by atoms with Crippen LogP contribution in [0.3, 0.4) is 0 Å². The molecule has 0 unspecified atom stereocenters. The summed E-state index contributed by atoms with van der Waals surface area (Å²) in [6, 6.07) is 0. The van der Waals surface area contributed by atoms with Crippen LogP contribution in [-0.4, -0.2) is 15.0 Å². The summed E-state index contributed by atoms with van der Waals surface area (Å²) in [6.45, 7) is 8.69. The van der Waals surface area contributed by atoms with Crippen LogP contribution in [0, 0.1) is 0 Å². The van der Waals surface area contributed by atoms with Crippen molar-refractivity contribution in [2.24, 2.45) is 0 Å². The van der Waals surface area contributed by atoms with Crippen LogP contribution >= 0.6 is 0 Å². The number of hydrogen-bond acceptors (Lipinski definition) is 2. The van der Waals surface area contributed by atoms with Crippen molar-refractivity contribution in [2.45, 2.75) is 52.5 Å². The molecule has 0 N–H and O–H groups in total. The van der Waals surface area contributed by atoms with E-state index in [1.807, 2.05) is 4.68 Å². The average Bonchev–Trinajstić information content (AvgIpc) is 2.52. The van der Waals surface area contributed by atoms with Crippen LogP contribution in [0.4, 0.5) is 0 Å². The summed E-state index contributed by atoms with van der Waals surface area (Å²) in [5, 5.41) is 8.24. The van der Waals surface area contributed by atoms with Crippen LogP contribution in [0.25, 0.3) is 0 Å². The highest BCUT2D eigenvalue weighted by atomic mass is 15.4. The molecule has 13 heavy (non-hydrogen) atoms. The van der Waals surface area contributed by atoms with Gasteiger partial charge in [0, 0.05) is 6.20 Å². The Morgan fingerprint density at radius 1 is 1.38 bits per heavy atom. The molecule has 0 radical (unpaired) electrons. The molecule has 0 aliphatic heterocycles. The third-order valence-corrected chi connectivity index (χ3v) is 2.39. The summed E-state index contributed by atoms with van der Waals surface area (Å²) in [7, 11) is 0. The minimum Gasteiger partial charge on any atom is -0.247 e. The Hall–Kier alpha value is -0.860. The zero-order chi connectivity index (χ0) is 9.90. The molecule has 1 heterocycles. The molecule has 3 nitrogen and oxygen atoms in total. The van der Waals surface area contributed by atoms with Gasteiger partial charge in [-0.3, -0.25) is 0 Å². The van der Waals surface area contributed by atoms with Gasteiger partial charge < -0.3 is 0 Å². The first-order valence-corrected chi connectivity index (χ1v) is 5.02. The first-order valence-electron chi connectivity index (χ1n) is 5.02. The molecule has 74 valence electrons. The maximum atomic E-state index is 4.14. The lowest BCUT2D eigenvalue weighted by atomic mass is 9.99. The van der Waals surface area contributed by atoms with Gasteiger partial charge in [-0.1, -0.05) is 25.5 Å². The molecular formula is C10H19N3. The van der Waals surface area contributed by atoms with E-state index in [2.05, 4.69) is 44.2 Å². The zero-order valence-corrected chi connectivity index (χ0v) is 9.04. The molecule has 0 bridgehead atoms. The van der Waals surface area contributed by atoms with Crippen LogP contribution in [0.5, 0.6) is 0 Å². The summed E-state index contributed by atoms with van der Waals surface area (Å²) < 4.78 is 1.98. The maximum Gasteiger partial charge on any atom is 0.0824 e. The monoisotopic (exact) mass is 181 g/mol. The first kappa shape index (κ1) is 10.2. The third-order valence-electron chi connectivity index (χ3n) is 2.39. The van der Waals surface area contributed by atoms with Crippen LogP contribution in [-0.2, 0) is 12.0 Å². The second-order valence-corrected chi connectivity index (χ2v) is 4.07. The van der Waals surface area contributed by atoms with Crippen molar-refractivity contribution in [3.8, 4) is 0 Å². The van der Waals surface area contributed by atoms with E-state index < -0.39 is 0 Å². The van der Waals surface area contributed by atoms with Crippen molar-refractivity contribution < 1.29 is 0 Å². The molecule has 0 saturated carbocycles. The standard InChI is InChI=1S/C10H19N3/c1-5-7-10(3,4)13-8-9(6-2)11-12-13/h8H,5-7H2,1-4H3. The molecule has 1 aromatic rings. The van der Waals surface area contributed by atoms with E-state index in [4.69, 9.17) is 0 Å². The largest absolute Gasteiger partial charge is 0.247 e. The molecule has 0 aromatic carbocycles. The Morgan fingerprint density at radius 2 is 2.08 bits per heavy atom. The lowest BCUT2D eigenvalue weighted by Gasteiger charge is -2.23. The Labute approximate surface area is 80.1 Å². The fraction of sp³-hybridized carbons (Fsp3) is 0.800. The highest BCUT2D eigenvalue weighted by Crippen LogP contribution is 2.20. The third kappa shape index (κ3) is 2.29. The van der Waals surface area contributed by atoms with E-state index in [1.54, 1.807) is 0 Å². The van der Waals surface area contributed by atoms with Gasteiger partial charge in [-0.15, -0.1) is 5.10 Å². The Morgan fingerprint density at radius 3 is 2.54 bits per heavy atom. The molecule has 1 rings (SSSR count). The van der Waals surface area contributed by atoms with E-state index in [0.29, 0.717) is 0 Å². The molecule has 0 fully saturated rings. The number of nitrogens with zero attached hydrogens (tertiary/aromatic N) is 3. The predicted octanol–water partition coefficient (Wildman–Crippen LogP) is 2.38. The molecule has 0 atom stereocenters. The highest BCUT2D eigenvalue weighted by molar-refractivity contribution is 4.94. The van der Waals surface area contributed by atoms with Crippen molar-refractivity contribution >= 4 is 0 Å². The van der Waals surface area contributed by atoms with Crippen molar-refractivity contribution in [3.05, 3.63) is 11.9 Å². The predicted molar refractivity (Wildman–Crippen MR) is 53.6 cm³/mol. The lowest BCUT2D eigenvalue weighted by molar-refractivity contribution is 0.286. The van der Waals surface area contributed by atoms with Gasteiger partial charge >= 0.3 is 0 Å². The van der Waals surface area contributed by atoms with Crippen LogP contribution in [0.2, 0.25) is 0 Å². The molecule has 3 heteroatoms. The van der Waals surface area contributed by atoms with Crippen molar-refractivity contribution in [2.75, 3.05) is 0 Å². The van der Waals surface area contributed by atoms with Crippen molar-refractivity contribution in [1.29, 1.82) is 0 Å². The topological polar surface area (TPSA) is 30.7 Å². The van der Waals surface area contributed by atoms with Gasteiger partial charge in [0.25, 0.3) is 0 Å². The summed E-state index contributed by atoms with van der Waals surface area (Å²) >= 11 is 0. The van der Waals surface area contributed by atoms with Crippen LogP contribution < -0.4 is 0 Å². The summed E-state index contributed by atoms with van der Waals surface area (Å²) in [4.78, 5) is 0. The van der Waals surface area contributed by atoms with Crippen LogP contribution in [0.15, 0.2) is 6.20 Å². The second-order valence-electron chi connectivity index (χ2n) is 4.07. The summed E-state index contributed by atoms with van der Waals surface area (Å²) in [5.74, 6) is 0. The smallest absolute Gasteiger partial charge is 0.0824 e. The van der Waals surface area contributed by atoms with Gasteiger partial charge in [0.1, 0.15) is 0 Å². The SMILES string of the molecule is CCCC(C)(C)n1cc(CC)nn1. The molecule has 0 aliphatic carbocycles. The normalized spacial score (nSPS) is 12.0. The zero-order valence-electron chi connectivity index (χ0n) is 9.04. The molecule has 0 saturated heterocycles. The quantitative estimate of drug-likeness (QED) is 0.714. The van der Waals surface area contributed by atoms with E-state index >= 15 is 0 Å². The number of aromatic nitrogens is 3. The molecule has 0 spiro atoms. The van der Waals surface area contributed by atoms with E-state index in [9.17, 15) is 0 Å². The summed E-state index contributed by atoms with van der Waals surface area (Å²) in [6.07, 6.45) is 5.33. The lowest BCUT2D eigenvalue weighted by Crippen LogP contribution is -2.26. The molecule has 0 aliphatic rings. The molecule has 0 amide bonds. The van der Waals surface area contributed by atoms with Crippen molar-refractivity contribution in [1.82, 2.24) is 15.0 Å². The maximum absolute atomic E-state index is 4.14. The molecular weight excluding hydrogens is 162 g/mol. The minimum absolute atomic E-state index is 0.106. The van der Waals surface area contributed by atoms with Gasteiger partial charge in [0.05, 0.1) is 11.2 Å². The van der Waals surface area contributed by atoms with Crippen molar-refractivity contribution in [3.63, 3.8) is 0 Å². The van der Waals surface area contributed by atoms with E-state index in [-0.39, 0.29) is 5.54 Å². The van der Waals surface area contributed by atoms with E-state index in [1.165, 1.54) is 6.42 Å². The molecule has 1 aromatic heterocycles. The highest BCUT2D eigenvalue weighted by Gasteiger charge is 2.20. The fourth-order valence-corrected chi connectivity index (χ4v) is 1.48. The second kappa shape index (κ2) is 3.90. The Kier molecular flexibility index (Phi) is 3.07. The minimum atomic E-state index is 0.106. The van der Waals surface area contributed by atoms with Gasteiger partial charge in [-0.25, -0.2) is 4.68 Å². The Balaban J connectivity index is 2.80. The summed E-state index contributed by atoms with van der Waals surface area (Å²) in [5.41, 5.74) is 1.18. The number of hydrogen-bond donors (Lipinski definition) is 0. The van der Waals surface area contributed by atoms with Crippen LogP contribution in [0.1, 0.15) is 46.2 Å². The average molecular weight is 181 g/mol. The number of rotatable bonds is 4. The fourth-order valence-electron chi connectivity index (χ4n) is 1.48. The number of aryl methyl sites for hydroxylation is 1. The first-order chi connectivity index (χ1) is 6.10. The van der Waals surface area contributed by atoms with Gasteiger partial charge in [-0.2, -0.15) is 0 Å². The van der Waals surface area contributed by atoms with Gasteiger partial charge in [0.2, 0.25) is 0 Å². The Bertz CT molecular complexity index is 263. The van der Waals surface area contributed by atoms with E-state index in [0.717, 1.165) is 18.5 Å².